The van der Waals surface area contributed by atoms with Gasteiger partial charge in [-0.3, -0.25) is 0 Å². The van der Waals surface area contributed by atoms with Gasteiger partial charge in [0.05, 0.1) is 6.26 Å². The Balaban J connectivity index is 2.14. The molecule has 0 bridgehead atoms. The molecule has 0 unspecified atom stereocenters. The van der Waals surface area contributed by atoms with E-state index in [1.807, 2.05) is 6.07 Å². The molecule has 0 atom stereocenters. The highest BCUT2D eigenvalue weighted by Crippen LogP contribution is 2.29. The number of benzene rings is 1. The normalized spacial score (nSPS) is 10.6. The summed E-state index contributed by atoms with van der Waals surface area (Å²) in [5.41, 5.74) is 1.60. The van der Waals surface area contributed by atoms with Crippen molar-refractivity contribution in [2.24, 2.45) is 0 Å². The fourth-order valence-electron chi connectivity index (χ4n) is 1.75. The van der Waals surface area contributed by atoms with Gasteiger partial charge in [-0.1, -0.05) is 0 Å². The van der Waals surface area contributed by atoms with Crippen molar-refractivity contribution >= 4 is 5.69 Å². The van der Waals surface area contributed by atoms with E-state index in [2.05, 4.69) is 5.32 Å². The van der Waals surface area contributed by atoms with E-state index in [4.69, 9.17) is 9.15 Å². The lowest BCUT2D eigenvalue weighted by Gasteiger charge is -2.10. The van der Waals surface area contributed by atoms with Crippen LogP contribution in [0.1, 0.15) is 6.42 Å². The Bertz CT molecular complexity index is 483. The summed E-state index contributed by atoms with van der Waals surface area (Å²) in [7, 11) is 1.67. The van der Waals surface area contributed by atoms with Crippen molar-refractivity contribution in [1.29, 1.82) is 0 Å². The first-order valence-corrected chi connectivity index (χ1v) is 5.87. The molecule has 0 saturated carbocycles. The Labute approximate surface area is 106 Å². The van der Waals surface area contributed by atoms with Crippen molar-refractivity contribution in [3.8, 4) is 11.3 Å². The molecule has 0 aliphatic carbocycles. The Morgan fingerprint density at radius 1 is 1.33 bits per heavy atom. The summed E-state index contributed by atoms with van der Waals surface area (Å²) in [6.45, 7) is 1.47. The third-order valence-electron chi connectivity index (χ3n) is 2.61. The molecule has 3 nitrogen and oxygen atoms in total. The zero-order chi connectivity index (χ0) is 12.8. The van der Waals surface area contributed by atoms with Crippen molar-refractivity contribution in [3.05, 3.63) is 42.4 Å². The molecule has 1 heterocycles. The molecule has 4 heteroatoms. The average Bonchev–Trinajstić information content (AvgIpc) is 2.90. The topological polar surface area (TPSA) is 34.4 Å². The van der Waals surface area contributed by atoms with Gasteiger partial charge in [-0.15, -0.1) is 0 Å². The number of anilines is 1. The average molecular weight is 249 g/mol. The van der Waals surface area contributed by atoms with Gasteiger partial charge in [-0.25, -0.2) is 4.39 Å². The van der Waals surface area contributed by atoms with E-state index in [-0.39, 0.29) is 5.82 Å². The first-order valence-electron chi connectivity index (χ1n) is 5.87. The highest BCUT2D eigenvalue weighted by molar-refractivity contribution is 5.74. The highest BCUT2D eigenvalue weighted by atomic mass is 19.1. The second-order valence-electron chi connectivity index (χ2n) is 3.94. The van der Waals surface area contributed by atoms with E-state index < -0.39 is 0 Å². The van der Waals surface area contributed by atoms with Crippen LogP contribution in [-0.2, 0) is 4.74 Å². The minimum absolute atomic E-state index is 0.274. The summed E-state index contributed by atoms with van der Waals surface area (Å²) in [4.78, 5) is 0. The highest BCUT2D eigenvalue weighted by Gasteiger charge is 2.08. The van der Waals surface area contributed by atoms with Gasteiger partial charge in [0, 0.05) is 31.5 Å². The molecule has 0 saturated heterocycles. The molecule has 0 spiro atoms. The fraction of sp³-hybridized carbons (Fsp3) is 0.286. The zero-order valence-corrected chi connectivity index (χ0v) is 10.3. The number of hydrogen-bond donors (Lipinski definition) is 1. The molecule has 1 N–H and O–H groups in total. The van der Waals surface area contributed by atoms with Crippen LogP contribution in [0.25, 0.3) is 11.3 Å². The van der Waals surface area contributed by atoms with Crippen LogP contribution in [0.15, 0.2) is 41.0 Å². The monoisotopic (exact) mass is 249 g/mol. The largest absolute Gasteiger partial charge is 0.464 e. The summed E-state index contributed by atoms with van der Waals surface area (Å²) in [5, 5.41) is 3.26. The van der Waals surface area contributed by atoms with Gasteiger partial charge in [0.1, 0.15) is 11.6 Å². The summed E-state index contributed by atoms with van der Waals surface area (Å²) in [6.07, 6.45) is 2.47. The second-order valence-corrected chi connectivity index (χ2v) is 3.94. The van der Waals surface area contributed by atoms with Gasteiger partial charge >= 0.3 is 0 Å². The van der Waals surface area contributed by atoms with Crippen molar-refractivity contribution in [3.63, 3.8) is 0 Å². The number of furan rings is 1. The molecule has 1 aromatic carbocycles. The van der Waals surface area contributed by atoms with Crippen LogP contribution in [0, 0.1) is 5.82 Å². The Morgan fingerprint density at radius 3 is 2.94 bits per heavy atom. The molecular weight excluding hydrogens is 233 g/mol. The van der Waals surface area contributed by atoms with Gasteiger partial charge in [0.15, 0.2) is 0 Å². The third kappa shape index (κ3) is 3.11. The van der Waals surface area contributed by atoms with Gasteiger partial charge in [0.25, 0.3) is 0 Å². The molecular formula is C14H16FNO2. The minimum atomic E-state index is -0.274. The molecule has 0 aliphatic rings. The first-order chi connectivity index (χ1) is 8.81. The summed E-state index contributed by atoms with van der Waals surface area (Å²) in [6, 6.07) is 8.23. The van der Waals surface area contributed by atoms with Crippen molar-refractivity contribution in [2.45, 2.75) is 6.42 Å². The maximum Gasteiger partial charge on any atom is 0.136 e. The number of ether oxygens (including phenoxy) is 1. The quantitative estimate of drug-likeness (QED) is 0.795. The fourth-order valence-corrected chi connectivity index (χ4v) is 1.75. The van der Waals surface area contributed by atoms with Crippen LogP contribution < -0.4 is 5.32 Å². The molecule has 0 aliphatic heterocycles. The number of methoxy groups -OCH3 is 1. The lowest BCUT2D eigenvalue weighted by Crippen LogP contribution is -2.05. The number of nitrogens with one attached hydrogen (secondary N) is 1. The molecule has 1 aromatic heterocycles. The third-order valence-corrected chi connectivity index (χ3v) is 2.61. The molecule has 0 radical (unpaired) electrons. The van der Waals surface area contributed by atoms with Crippen molar-refractivity contribution in [2.75, 3.05) is 25.6 Å². The molecule has 2 rings (SSSR count). The van der Waals surface area contributed by atoms with Crippen LogP contribution in [-0.4, -0.2) is 20.3 Å². The molecule has 2 aromatic rings. The van der Waals surface area contributed by atoms with Crippen LogP contribution >= 0.6 is 0 Å². The first kappa shape index (κ1) is 12.6. The van der Waals surface area contributed by atoms with Crippen molar-refractivity contribution < 1.29 is 13.5 Å². The Morgan fingerprint density at radius 2 is 2.22 bits per heavy atom. The summed E-state index contributed by atoms with van der Waals surface area (Å²) >= 11 is 0. The lowest BCUT2D eigenvalue weighted by molar-refractivity contribution is 0.198. The number of rotatable bonds is 6. The van der Waals surface area contributed by atoms with Crippen LogP contribution in [0.4, 0.5) is 10.1 Å². The molecule has 18 heavy (non-hydrogen) atoms. The van der Waals surface area contributed by atoms with E-state index in [1.165, 1.54) is 12.1 Å². The molecule has 0 amide bonds. The summed E-state index contributed by atoms with van der Waals surface area (Å²) in [5.74, 6) is 0.382. The number of halogens is 1. The Hall–Kier alpha value is -1.81. The maximum absolute atomic E-state index is 13.3. The SMILES string of the molecule is COCCCNc1ccc(F)cc1-c1ccco1. The van der Waals surface area contributed by atoms with Crippen molar-refractivity contribution in [1.82, 2.24) is 0 Å². The van der Waals surface area contributed by atoms with Crippen LogP contribution in [0.3, 0.4) is 0 Å². The van der Waals surface area contributed by atoms with E-state index in [1.54, 1.807) is 25.5 Å². The van der Waals surface area contributed by atoms with Gasteiger partial charge in [-0.2, -0.15) is 0 Å². The van der Waals surface area contributed by atoms with E-state index in [0.29, 0.717) is 12.4 Å². The zero-order valence-electron chi connectivity index (χ0n) is 10.3. The van der Waals surface area contributed by atoms with Gasteiger partial charge < -0.3 is 14.5 Å². The number of hydrogen-bond acceptors (Lipinski definition) is 3. The second kappa shape index (κ2) is 6.21. The van der Waals surface area contributed by atoms with E-state index >= 15 is 0 Å². The molecule has 0 fully saturated rings. The smallest absolute Gasteiger partial charge is 0.136 e. The van der Waals surface area contributed by atoms with Gasteiger partial charge in [0.2, 0.25) is 0 Å². The van der Waals surface area contributed by atoms with E-state index in [0.717, 1.165) is 24.2 Å². The predicted octanol–water partition coefficient (Wildman–Crippen LogP) is 3.53. The Kier molecular flexibility index (Phi) is 4.36. The minimum Gasteiger partial charge on any atom is -0.464 e. The summed E-state index contributed by atoms with van der Waals surface area (Å²) < 4.78 is 23.6. The van der Waals surface area contributed by atoms with E-state index in [9.17, 15) is 4.39 Å². The lowest BCUT2D eigenvalue weighted by atomic mass is 10.1. The van der Waals surface area contributed by atoms with Crippen LogP contribution in [0.5, 0.6) is 0 Å². The maximum atomic E-state index is 13.3. The molecule has 96 valence electrons. The van der Waals surface area contributed by atoms with Crippen LogP contribution in [0.2, 0.25) is 0 Å². The van der Waals surface area contributed by atoms with Gasteiger partial charge in [-0.05, 0) is 36.8 Å². The predicted molar refractivity (Wildman–Crippen MR) is 69.1 cm³/mol. The standard InChI is InChI=1S/C14H16FNO2/c1-17-8-3-7-16-13-6-5-11(15)10-12(13)14-4-2-9-18-14/h2,4-6,9-10,16H,3,7-8H2,1H3.